The van der Waals surface area contributed by atoms with Crippen LogP contribution in [-0.4, -0.2) is 12.5 Å². The number of carbonyl (C=O) groups excluding carboxylic acids is 1. The second-order valence-corrected chi connectivity index (χ2v) is 5.01. The summed E-state index contributed by atoms with van der Waals surface area (Å²) in [5.41, 5.74) is 10.5. The molecule has 20 heavy (non-hydrogen) atoms. The summed E-state index contributed by atoms with van der Waals surface area (Å²) < 4.78 is 0. The standard InChI is InChI=1S/C17H20N2O/c1-12-5-3-4-6-14(12)9-10-19-17(20)16-8-7-15(18)11-13(16)2/h3-8,11H,9-10,18H2,1-2H3,(H,19,20). The number of aryl methyl sites for hydroxylation is 2. The van der Waals surface area contributed by atoms with Crippen LogP contribution < -0.4 is 11.1 Å². The van der Waals surface area contributed by atoms with Gasteiger partial charge in [-0.3, -0.25) is 4.79 Å². The minimum atomic E-state index is -0.0453. The van der Waals surface area contributed by atoms with Gasteiger partial charge >= 0.3 is 0 Å². The molecule has 2 aromatic carbocycles. The summed E-state index contributed by atoms with van der Waals surface area (Å²) in [6.07, 6.45) is 0.840. The number of benzene rings is 2. The highest BCUT2D eigenvalue weighted by atomic mass is 16.1. The lowest BCUT2D eigenvalue weighted by atomic mass is 10.1. The van der Waals surface area contributed by atoms with Crippen LogP contribution >= 0.6 is 0 Å². The van der Waals surface area contributed by atoms with Crippen molar-refractivity contribution in [2.24, 2.45) is 0 Å². The largest absolute Gasteiger partial charge is 0.399 e. The van der Waals surface area contributed by atoms with E-state index >= 15 is 0 Å². The Morgan fingerprint density at radius 3 is 2.55 bits per heavy atom. The Hall–Kier alpha value is -2.29. The van der Waals surface area contributed by atoms with Crippen molar-refractivity contribution in [3.8, 4) is 0 Å². The first-order valence-corrected chi connectivity index (χ1v) is 6.77. The summed E-state index contributed by atoms with van der Waals surface area (Å²) in [6, 6.07) is 13.6. The van der Waals surface area contributed by atoms with Crippen LogP contribution in [0.4, 0.5) is 5.69 Å². The van der Waals surface area contributed by atoms with E-state index in [0.717, 1.165) is 12.0 Å². The second-order valence-electron chi connectivity index (χ2n) is 5.01. The molecule has 2 aromatic rings. The van der Waals surface area contributed by atoms with Crippen LogP contribution in [0, 0.1) is 13.8 Å². The Bertz CT molecular complexity index is 620. The van der Waals surface area contributed by atoms with Gasteiger partial charge in [0, 0.05) is 17.8 Å². The van der Waals surface area contributed by atoms with E-state index in [9.17, 15) is 4.79 Å². The highest BCUT2D eigenvalue weighted by molar-refractivity contribution is 5.96. The van der Waals surface area contributed by atoms with Gasteiger partial charge in [-0.2, -0.15) is 0 Å². The summed E-state index contributed by atoms with van der Waals surface area (Å²) >= 11 is 0. The lowest BCUT2D eigenvalue weighted by Crippen LogP contribution is -2.26. The number of hydrogen-bond acceptors (Lipinski definition) is 2. The number of hydrogen-bond donors (Lipinski definition) is 2. The van der Waals surface area contributed by atoms with Gasteiger partial charge in [-0.25, -0.2) is 0 Å². The number of carbonyl (C=O) groups is 1. The van der Waals surface area contributed by atoms with Crippen molar-refractivity contribution in [2.45, 2.75) is 20.3 Å². The van der Waals surface area contributed by atoms with Gasteiger partial charge in [0.25, 0.3) is 5.91 Å². The molecule has 3 heteroatoms. The van der Waals surface area contributed by atoms with Gasteiger partial charge in [0.2, 0.25) is 0 Å². The Balaban J connectivity index is 1.94. The average Bonchev–Trinajstić information content (AvgIpc) is 2.40. The van der Waals surface area contributed by atoms with Crippen molar-refractivity contribution >= 4 is 11.6 Å². The molecule has 0 atom stereocenters. The quantitative estimate of drug-likeness (QED) is 0.838. The third-order valence-corrected chi connectivity index (χ3v) is 3.44. The summed E-state index contributed by atoms with van der Waals surface area (Å²) in [6.45, 7) is 4.61. The monoisotopic (exact) mass is 268 g/mol. The van der Waals surface area contributed by atoms with Crippen LogP contribution in [0.5, 0.6) is 0 Å². The van der Waals surface area contributed by atoms with Crippen LogP contribution in [0.3, 0.4) is 0 Å². The zero-order chi connectivity index (χ0) is 14.5. The Morgan fingerprint density at radius 1 is 1.10 bits per heavy atom. The molecule has 104 valence electrons. The van der Waals surface area contributed by atoms with Gasteiger partial charge < -0.3 is 11.1 Å². The van der Waals surface area contributed by atoms with Crippen molar-refractivity contribution in [1.29, 1.82) is 0 Å². The lowest BCUT2D eigenvalue weighted by Gasteiger charge is -2.09. The highest BCUT2D eigenvalue weighted by Crippen LogP contribution is 2.12. The minimum Gasteiger partial charge on any atom is -0.399 e. The molecular formula is C17H20N2O. The number of anilines is 1. The van der Waals surface area contributed by atoms with Gasteiger partial charge in [-0.1, -0.05) is 24.3 Å². The fourth-order valence-electron chi connectivity index (χ4n) is 2.24. The number of nitrogens with two attached hydrogens (primary N) is 1. The van der Waals surface area contributed by atoms with Gasteiger partial charge in [0.05, 0.1) is 0 Å². The predicted octanol–water partition coefficient (Wildman–Crippen LogP) is 2.86. The van der Waals surface area contributed by atoms with Crippen LogP contribution in [0.1, 0.15) is 27.0 Å². The van der Waals surface area contributed by atoms with E-state index in [1.165, 1.54) is 11.1 Å². The Labute approximate surface area is 119 Å². The molecule has 3 nitrogen and oxygen atoms in total. The molecule has 0 spiro atoms. The van der Waals surface area contributed by atoms with Crippen molar-refractivity contribution in [3.63, 3.8) is 0 Å². The molecule has 0 radical (unpaired) electrons. The third kappa shape index (κ3) is 3.38. The molecule has 0 aliphatic rings. The van der Waals surface area contributed by atoms with E-state index in [1.807, 2.05) is 25.1 Å². The number of rotatable bonds is 4. The molecule has 0 aromatic heterocycles. The molecule has 0 fully saturated rings. The first-order valence-electron chi connectivity index (χ1n) is 6.77. The zero-order valence-electron chi connectivity index (χ0n) is 11.9. The fraction of sp³-hybridized carbons (Fsp3) is 0.235. The van der Waals surface area contributed by atoms with Crippen LogP contribution in [0.2, 0.25) is 0 Å². The molecule has 0 aliphatic heterocycles. The molecule has 3 N–H and O–H groups in total. The van der Waals surface area contributed by atoms with Crippen molar-refractivity contribution < 1.29 is 4.79 Å². The van der Waals surface area contributed by atoms with E-state index in [0.29, 0.717) is 17.8 Å². The minimum absolute atomic E-state index is 0.0453. The van der Waals surface area contributed by atoms with Gasteiger partial charge in [-0.05, 0) is 55.2 Å². The number of amides is 1. The van der Waals surface area contributed by atoms with E-state index in [4.69, 9.17) is 5.73 Å². The molecular weight excluding hydrogens is 248 g/mol. The SMILES string of the molecule is Cc1ccccc1CCNC(=O)c1ccc(N)cc1C. The molecule has 1 amide bonds. The molecule has 2 rings (SSSR count). The zero-order valence-corrected chi connectivity index (χ0v) is 11.9. The van der Waals surface area contributed by atoms with Gasteiger partial charge in [0.1, 0.15) is 0 Å². The van der Waals surface area contributed by atoms with Crippen molar-refractivity contribution in [2.75, 3.05) is 12.3 Å². The average molecular weight is 268 g/mol. The maximum Gasteiger partial charge on any atom is 0.251 e. The number of nitrogen functional groups attached to an aromatic ring is 1. The molecule has 0 aliphatic carbocycles. The van der Waals surface area contributed by atoms with Crippen LogP contribution in [0.25, 0.3) is 0 Å². The normalized spacial score (nSPS) is 10.3. The summed E-state index contributed by atoms with van der Waals surface area (Å²) in [5, 5.41) is 2.96. The molecule has 0 heterocycles. The maximum atomic E-state index is 12.1. The fourth-order valence-corrected chi connectivity index (χ4v) is 2.24. The second kappa shape index (κ2) is 6.24. The highest BCUT2D eigenvalue weighted by Gasteiger charge is 2.08. The summed E-state index contributed by atoms with van der Waals surface area (Å²) in [7, 11) is 0. The Kier molecular flexibility index (Phi) is 4.41. The first kappa shape index (κ1) is 14.1. The van der Waals surface area contributed by atoms with Crippen molar-refractivity contribution in [3.05, 3.63) is 64.7 Å². The first-order chi connectivity index (χ1) is 9.58. The van der Waals surface area contributed by atoms with E-state index < -0.39 is 0 Å². The maximum absolute atomic E-state index is 12.1. The van der Waals surface area contributed by atoms with Crippen molar-refractivity contribution in [1.82, 2.24) is 5.32 Å². The summed E-state index contributed by atoms with van der Waals surface area (Å²) in [5.74, 6) is -0.0453. The smallest absolute Gasteiger partial charge is 0.251 e. The van der Waals surface area contributed by atoms with E-state index in [-0.39, 0.29) is 5.91 Å². The molecule has 0 saturated heterocycles. The molecule has 0 bridgehead atoms. The molecule has 0 unspecified atom stereocenters. The molecule has 0 saturated carbocycles. The van der Waals surface area contributed by atoms with E-state index in [1.54, 1.807) is 12.1 Å². The Morgan fingerprint density at radius 2 is 1.85 bits per heavy atom. The van der Waals surface area contributed by atoms with Crippen LogP contribution in [-0.2, 0) is 6.42 Å². The van der Waals surface area contributed by atoms with Crippen LogP contribution in [0.15, 0.2) is 42.5 Å². The van der Waals surface area contributed by atoms with Gasteiger partial charge in [0.15, 0.2) is 0 Å². The van der Waals surface area contributed by atoms with Gasteiger partial charge in [-0.15, -0.1) is 0 Å². The lowest BCUT2D eigenvalue weighted by molar-refractivity contribution is 0.0953. The third-order valence-electron chi connectivity index (χ3n) is 3.44. The topological polar surface area (TPSA) is 55.1 Å². The number of nitrogens with one attached hydrogen (secondary N) is 1. The summed E-state index contributed by atoms with van der Waals surface area (Å²) in [4.78, 5) is 12.1. The predicted molar refractivity (Wildman–Crippen MR) is 82.8 cm³/mol. The van der Waals surface area contributed by atoms with E-state index in [2.05, 4.69) is 24.4 Å².